The fourth-order valence-corrected chi connectivity index (χ4v) is 7.70. The topological polar surface area (TPSA) is 265 Å². The van der Waals surface area contributed by atoms with Gasteiger partial charge in [-0.2, -0.15) is 0 Å². The summed E-state index contributed by atoms with van der Waals surface area (Å²) in [6.45, 7) is 12.4. The van der Waals surface area contributed by atoms with E-state index in [0.717, 1.165) is 0 Å². The average molecular weight is 843 g/mol. The van der Waals surface area contributed by atoms with E-state index >= 15 is 0 Å². The highest BCUT2D eigenvalue weighted by Gasteiger charge is 2.41. The Labute approximate surface area is 350 Å². The molecule has 3 saturated heterocycles. The molecular formula is C40H62N10O10. The van der Waals surface area contributed by atoms with Gasteiger partial charge in [0.05, 0.1) is 26.2 Å². The van der Waals surface area contributed by atoms with Crippen LogP contribution in [0.2, 0.25) is 0 Å². The van der Waals surface area contributed by atoms with E-state index in [9.17, 15) is 47.9 Å². The molecule has 0 aromatic rings. The number of carbonyl (C=O) groups excluding carboxylic acids is 10. The zero-order chi connectivity index (χ0) is 44.6. The van der Waals surface area contributed by atoms with Gasteiger partial charge in [0.15, 0.2) is 5.78 Å². The standard InChI is InChI=1S/C40H62N10O10/c1-20(2)31-38(58)42-17-30(53)49-13-9-11-27(49)36(56)44-24(8)35(55)47-32(21(3)4)39(59)48-18-25(15-26(51)19-48)45-33(22(5)6)40(60)50-14-10-12-28(50)37(57)43-23(7)34(54)41-16-29(52)46-31/h15,20-24,27-28,31-33,45H,9-14,16-19H2,1-8H3,(H,41,54)(H,42,58)(H,43,57)(H,44,56)(H,46,52)(H,47,55)/t23-,24-,27+,28+,31?,32?,33?/m0/s1. The van der Waals surface area contributed by atoms with Gasteiger partial charge < -0.3 is 51.9 Å². The van der Waals surface area contributed by atoms with E-state index in [-0.39, 0.29) is 32.1 Å². The van der Waals surface area contributed by atoms with Crippen molar-refractivity contribution in [2.45, 2.75) is 123 Å². The number of rotatable bonds is 3. The number of nitrogens with zero attached hydrogens (tertiary/aromatic N) is 3. The van der Waals surface area contributed by atoms with Crippen LogP contribution in [0.1, 0.15) is 81.1 Å². The Morgan fingerprint density at radius 3 is 1.63 bits per heavy atom. The van der Waals surface area contributed by atoms with E-state index in [4.69, 9.17) is 0 Å². The molecule has 7 atom stereocenters. The third-order valence-electron chi connectivity index (χ3n) is 11.2. The van der Waals surface area contributed by atoms with Gasteiger partial charge in [0.25, 0.3) is 0 Å². The molecule has 3 unspecified atom stereocenters. The highest BCUT2D eigenvalue weighted by atomic mass is 16.2. The molecule has 4 rings (SSSR count). The predicted molar refractivity (Wildman–Crippen MR) is 216 cm³/mol. The van der Waals surface area contributed by atoms with Crippen molar-refractivity contribution in [1.29, 1.82) is 0 Å². The van der Waals surface area contributed by atoms with E-state index in [1.807, 2.05) is 0 Å². The van der Waals surface area contributed by atoms with Crippen LogP contribution in [-0.2, 0) is 47.9 Å². The van der Waals surface area contributed by atoms with Crippen molar-refractivity contribution < 1.29 is 47.9 Å². The first-order valence-electron chi connectivity index (χ1n) is 20.8. The number of nitrogens with one attached hydrogen (secondary N) is 7. The van der Waals surface area contributed by atoms with E-state index in [1.54, 1.807) is 41.5 Å². The zero-order valence-electron chi connectivity index (χ0n) is 35.8. The second-order valence-electron chi connectivity index (χ2n) is 17.0. The molecule has 9 amide bonds. The summed E-state index contributed by atoms with van der Waals surface area (Å²) in [5, 5.41) is 18.7. The number of hydrogen-bond acceptors (Lipinski definition) is 11. The van der Waals surface area contributed by atoms with Gasteiger partial charge in [-0.1, -0.05) is 41.5 Å². The summed E-state index contributed by atoms with van der Waals surface area (Å²) < 4.78 is 0. The second-order valence-corrected chi connectivity index (χ2v) is 17.0. The summed E-state index contributed by atoms with van der Waals surface area (Å²) in [4.78, 5) is 138. The summed E-state index contributed by atoms with van der Waals surface area (Å²) in [6.07, 6.45) is 2.97. The maximum Gasteiger partial charge on any atom is 0.246 e. The van der Waals surface area contributed by atoms with Crippen LogP contribution >= 0.6 is 0 Å². The Kier molecular flexibility index (Phi) is 16.2. The minimum absolute atomic E-state index is 0.0782. The molecule has 4 heterocycles. The van der Waals surface area contributed by atoms with E-state index in [0.29, 0.717) is 31.4 Å². The highest BCUT2D eigenvalue weighted by Crippen LogP contribution is 2.22. The number of fused-ring (bicyclic) bond motifs is 4. The van der Waals surface area contributed by atoms with Gasteiger partial charge in [-0.15, -0.1) is 0 Å². The Morgan fingerprint density at radius 1 is 0.533 bits per heavy atom. The monoisotopic (exact) mass is 842 g/mol. The van der Waals surface area contributed by atoms with Gasteiger partial charge >= 0.3 is 0 Å². The average Bonchev–Trinajstić information content (AvgIpc) is 3.89. The molecule has 2 bridgehead atoms. The van der Waals surface area contributed by atoms with Gasteiger partial charge in [0, 0.05) is 24.9 Å². The molecular weight excluding hydrogens is 780 g/mol. The maximum atomic E-state index is 14.1. The molecule has 3 fully saturated rings. The smallest absolute Gasteiger partial charge is 0.246 e. The quantitative estimate of drug-likeness (QED) is 0.155. The fourth-order valence-electron chi connectivity index (χ4n) is 7.70. The summed E-state index contributed by atoms with van der Waals surface area (Å²) >= 11 is 0. The SMILES string of the molecule is CC(C)C1NC(=O)CNC(=O)[C@H](C)NC(=O)[C@H]2CCCN2C(=O)C(C(C)C)NC2=CC(=O)CN(C2)C(=O)C(C(C)C)NC(=O)[C@H](C)NC(=O)[C@H]2CCCN2C(=O)CNC1=O. The normalized spacial score (nSPS) is 29.2. The summed E-state index contributed by atoms with van der Waals surface area (Å²) in [7, 11) is 0. The number of ketones is 1. The number of hydrogen-bond donors (Lipinski definition) is 7. The Hall–Kier alpha value is -5.56. The molecule has 0 saturated carbocycles. The minimum Gasteiger partial charge on any atom is -0.375 e. The van der Waals surface area contributed by atoms with Crippen LogP contribution in [0.25, 0.3) is 0 Å². The number of amides is 9. The second kappa shape index (κ2) is 20.6. The van der Waals surface area contributed by atoms with Gasteiger partial charge in [-0.3, -0.25) is 47.9 Å². The lowest BCUT2D eigenvalue weighted by Crippen LogP contribution is -2.59. The lowest BCUT2D eigenvalue weighted by atomic mass is 9.99. The first-order valence-corrected chi connectivity index (χ1v) is 20.8. The first kappa shape index (κ1) is 47.1. The molecule has 0 aromatic carbocycles. The fraction of sp³-hybridized carbons (Fsp3) is 0.700. The van der Waals surface area contributed by atoms with Crippen LogP contribution in [0.4, 0.5) is 0 Å². The molecule has 7 N–H and O–H groups in total. The van der Waals surface area contributed by atoms with Crippen LogP contribution in [0.5, 0.6) is 0 Å². The molecule has 20 heteroatoms. The molecule has 4 aliphatic rings. The van der Waals surface area contributed by atoms with Crippen LogP contribution in [0.15, 0.2) is 11.8 Å². The van der Waals surface area contributed by atoms with Crippen molar-refractivity contribution in [3.63, 3.8) is 0 Å². The molecule has 4 aliphatic heterocycles. The van der Waals surface area contributed by atoms with Crippen molar-refractivity contribution in [2.24, 2.45) is 17.8 Å². The van der Waals surface area contributed by atoms with E-state index in [1.165, 1.54) is 34.6 Å². The molecule has 20 nitrogen and oxygen atoms in total. The van der Waals surface area contributed by atoms with Crippen molar-refractivity contribution in [2.75, 3.05) is 39.3 Å². The summed E-state index contributed by atoms with van der Waals surface area (Å²) in [5.74, 6) is -6.98. The largest absolute Gasteiger partial charge is 0.375 e. The Bertz CT molecular complexity index is 1750. The third-order valence-corrected chi connectivity index (χ3v) is 11.2. The molecule has 0 radical (unpaired) electrons. The van der Waals surface area contributed by atoms with E-state index < -0.39 is 126 Å². The van der Waals surface area contributed by atoms with Crippen LogP contribution in [0.3, 0.4) is 0 Å². The van der Waals surface area contributed by atoms with Crippen LogP contribution in [0, 0.1) is 17.8 Å². The maximum absolute atomic E-state index is 14.1. The van der Waals surface area contributed by atoms with Crippen molar-refractivity contribution in [1.82, 2.24) is 51.9 Å². The third kappa shape index (κ3) is 11.8. The minimum atomic E-state index is -1.12. The molecule has 0 aromatic heterocycles. The Morgan fingerprint density at radius 2 is 1.05 bits per heavy atom. The predicted octanol–water partition coefficient (Wildman–Crippen LogP) is -2.59. The van der Waals surface area contributed by atoms with Gasteiger partial charge in [0.2, 0.25) is 53.2 Å². The molecule has 60 heavy (non-hydrogen) atoms. The molecule has 0 spiro atoms. The first-order chi connectivity index (χ1) is 28.2. The summed E-state index contributed by atoms with van der Waals surface area (Å²) in [5.41, 5.74) is 0.297. The van der Waals surface area contributed by atoms with Gasteiger partial charge in [-0.05, 0) is 57.3 Å². The van der Waals surface area contributed by atoms with Crippen molar-refractivity contribution in [3.05, 3.63) is 11.8 Å². The highest BCUT2D eigenvalue weighted by molar-refractivity contribution is 6.00. The van der Waals surface area contributed by atoms with Crippen LogP contribution < -0.4 is 37.2 Å². The molecule has 332 valence electrons. The molecule has 0 aliphatic carbocycles. The number of carbonyl (C=O) groups is 10. The van der Waals surface area contributed by atoms with E-state index in [2.05, 4.69) is 37.2 Å². The summed E-state index contributed by atoms with van der Waals surface area (Å²) in [6, 6.07) is -7.14. The van der Waals surface area contributed by atoms with Gasteiger partial charge in [-0.25, -0.2) is 0 Å². The lowest BCUT2D eigenvalue weighted by Gasteiger charge is -2.35. The van der Waals surface area contributed by atoms with Crippen molar-refractivity contribution >= 4 is 58.9 Å². The van der Waals surface area contributed by atoms with Gasteiger partial charge in [0.1, 0.15) is 42.3 Å². The van der Waals surface area contributed by atoms with Crippen molar-refractivity contribution in [3.8, 4) is 0 Å². The van der Waals surface area contributed by atoms with Crippen LogP contribution in [-0.4, -0.2) is 155 Å². The zero-order valence-corrected chi connectivity index (χ0v) is 35.8. The Balaban J connectivity index is 1.60. The lowest BCUT2D eigenvalue weighted by molar-refractivity contribution is -0.142.